The van der Waals surface area contributed by atoms with Gasteiger partial charge in [0.2, 0.25) is 15.9 Å². The van der Waals surface area contributed by atoms with E-state index in [4.69, 9.17) is 0 Å². The van der Waals surface area contributed by atoms with Crippen LogP contribution in [0.15, 0.2) is 59.5 Å². The summed E-state index contributed by atoms with van der Waals surface area (Å²) in [6.07, 6.45) is 4.68. The lowest BCUT2D eigenvalue weighted by Crippen LogP contribution is -2.35. The highest BCUT2D eigenvalue weighted by Gasteiger charge is 2.50. The van der Waals surface area contributed by atoms with Gasteiger partial charge < -0.3 is 5.32 Å². The Morgan fingerprint density at radius 1 is 0.929 bits per heavy atom. The first kappa shape index (κ1) is 19.2. The molecule has 2 aromatic rings. The smallest absolute Gasteiger partial charge is 0.243 e. The third-order valence-corrected chi connectivity index (χ3v) is 7.75. The quantitative estimate of drug-likeness (QED) is 0.813. The second-order valence-corrected chi connectivity index (χ2v) is 9.68. The summed E-state index contributed by atoms with van der Waals surface area (Å²) in [4.78, 5) is 13.0. The van der Waals surface area contributed by atoms with Crippen LogP contribution in [0.1, 0.15) is 43.2 Å². The van der Waals surface area contributed by atoms with Gasteiger partial charge in [0.05, 0.1) is 10.3 Å². The standard InChI is InChI=1S/C22H26N2O3S/c25-21(22(13-14-22)19-7-3-1-4-8-19)23-17-18-9-11-20(12-10-18)28(26,27)24-15-5-2-6-16-24/h1,3-4,7-12H,2,5-6,13-17H2,(H,23,25). The maximum Gasteiger partial charge on any atom is 0.243 e. The first-order chi connectivity index (χ1) is 13.5. The van der Waals surface area contributed by atoms with E-state index in [1.165, 1.54) is 0 Å². The van der Waals surface area contributed by atoms with E-state index >= 15 is 0 Å². The molecule has 4 rings (SSSR count). The summed E-state index contributed by atoms with van der Waals surface area (Å²) in [6, 6.07) is 16.8. The molecule has 0 bridgehead atoms. The maximum absolute atomic E-state index is 12.7. The predicted molar refractivity (Wildman–Crippen MR) is 108 cm³/mol. The summed E-state index contributed by atoms with van der Waals surface area (Å²) in [6.45, 7) is 1.60. The lowest BCUT2D eigenvalue weighted by molar-refractivity contribution is -0.123. The van der Waals surface area contributed by atoms with Crippen molar-refractivity contribution in [3.63, 3.8) is 0 Å². The molecule has 0 unspecified atom stereocenters. The van der Waals surface area contributed by atoms with Crippen molar-refractivity contribution < 1.29 is 13.2 Å². The second-order valence-electron chi connectivity index (χ2n) is 7.74. The average molecular weight is 399 g/mol. The fourth-order valence-electron chi connectivity index (χ4n) is 3.91. The minimum Gasteiger partial charge on any atom is -0.351 e. The largest absolute Gasteiger partial charge is 0.351 e. The second kappa shape index (κ2) is 7.68. The molecule has 6 heteroatoms. The Kier molecular flexibility index (Phi) is 5.25. The number of sulfonamides is 1. The minimum absolute atomic E-state index is 0.0451. The summed E-state index contributed by atoms with van der Waals surface area (Å²) in [5.74, 6) is 0.0451. The molecule has 1 saturated heterocycles. The maximum atomic E-state index is 12.7. The van der Waals surface area contributed by atoms with Gasteiger partial charge in [-0.25, -0.2) is 8.42 Å². The Bertz CT molecular complexity index is 930. The molecule has 1 saturated carbocycles. The van der Waals surface area contributed by atoms with Gasteiger partial charge in [0.1, 0.15) is 0 Å². The normalized spacial score (nSPS) is 19.1. The average Bonchev–Trinajstić information content (AvgIpc) is 3.56. The van der Waals surface area contributed by atoms with Crippen molar-refractivity contribution in [3.8, 4) is 0 Å². The van der Waals surface area contributed by atoms with Crippen molar-refractivity contribution in [2.75, 3.05) is 13.1 Å². The number of hydrogen-bond donors (Lipinski definition) is 1. The van der Waals surface area contributed by atoms with Gasteiger partial charge in [0, 0.05) is 19.6 Å². The van der Waals surface area contributed by atoms with Gasteiger partial charge in [-0.15, -0.1) is 0 Å². The van der Waals surface area contributed by atoms with Crippen molar-refractivity contribution in [2.24, 2.45) is 0 Å². The summed E-state index contributed by atoms with van der Waals surface area (Å²) >= 11 is 0. The molecular formula is C22H26N2O3S. The Balaban J connectivity index is 1.39. The van der Waals surface area contributed by atoms with Crippen LogP contribution < -0.4 is 5.32 Å². The number of carbonyl (C=O) groups is 1. The molecule has 2 aliphatic rings. The minimum atomic E-state index is -3.41. The van der Waals surface area contributed by atoms with Gasteiger partial charge in [-0.05, 0) is 48.9 Å². The van der Waals surface area contributed by atoms with Crippen LogP contribution in [0.2, 0.25) is 0 Å². The van der Waals surface area contributed by atoms with E-state index in [0.29, 0.717) is 24.5 Å². The highest BCUT2D eigenvalue weighted by Crippen LogP contribution is 2.48. The molecule has 1 N–H and O–H groups in total. The Hall–Kier alpha value is -2.18. The zero-order valence-electron chi connectivity index (χ0n) is 15.9. The van der Waals surface area contributed by atoms with Gasteiger partial charge in [-0.1, -0.05) is 48.9 Å². The molecular weight excluding hydrogens is 372 g/mol. The lowest BCUT2D eigenvalue weighted by Gasteiger charge is -2.25. The van der Waals surface area contributed by atoms with Crippen LogP contribution in [0.5, 0.6) is 0 Å². The van der Waals surface area contributed by atoms with Crippen LogP contribution in [0.25, 0.3) is 0 Å². The van der Waals surface area contributed by atoms with Crippen LogP contribution >= 0.6 is 0 Å². The predicted octanol–water partition coefficient (Wildman–Crippen LogP) is 3.21. The van der Waals surface area contributed by atoms with Gasteiger partial charge in [-0.2, -0.15) is 4.31 Å². The van der Waals surface area contributed by atoms with Gasteiger partial charge in [-0.3, -0.25) is 4.79 Å². The van der Waals surface area contributed by atoms with E-state index in [2.05, 4.69) is 5.32 Å². The molecule has 1 aliphatic carbocycles. The van der Waals surface area contributed by atoms with Crippen molar-refractivity contribution in [1.29, 1.82) is 0 Å². The highest BCUT2D eigenvalue weighted by atomic mass is 32.2. The number of benzene rings is 2. The number of rotatable bonds is 6. The summed E-state index contributed by atoms with van der Waals surface area (Å²) in [5, 5.41) is 3.02. The van der Waals surface area contributed by atoms with E-state index in [-0.39, 0.29) is 5.91 Å². The molecule has 0 aromatic heterocycles. The third-order valence-electron chi connectivity index (χ3n) is 5.84. The molecule has 148 valence electrons. The SMILES string of the molecule is O=C(NCc1ccc(S(=O)(=O)N2CCCCC2)cc1)C1(c2ccccc2)CC1. The Morgan fingerprint density at radius 2 is 1.57 bits per heavy atom. The third kappa shape index (κ3) is 3.71. The number of amides is 1. The number of piperidine rings is 1. The van der Waals surface area contributed by atoms with Gasteiger partial charge in [0.15, 0.2) is 0 Å². The molecule has 0 spiro atoms. The molecule has 2 aromatic carbocycles. The monoisotopic (exact) mass is 398 g/mol. The fraction of sp³-hybridized carbons (Fsp3) is 0.409. The number of nitrogens with zero attached hydrogens (tertiary/aromatic N) is 1. The molecule has 2 fully saturated rings. The van der Waals surface area contributed by atoms with E-state index in [1.54, 1.807) is 28.6 Å². The van der Waals surface area contributed by atoms with Gasteiger partial charge >= 0.3 is 0 Å². The van der Waals surface area contributed by atoms with Crippen LogP contribution in [0.4, 0.5) is 0 Å². The topological polar surface area (TPSA) is 66.5 Å². The summed E-state index contributed by atoms with van der Waals surface area (Å²) in [7, 11) is -3.41. The molecule has 5 nitrogen and oxygen atoms in total. The van der Waals surface area contributed by atoms with E-state index < -0.39 is 15.4 Å². The number of carbonyl (C=O) groups excluding carboxylic acids is 1. The molecule has 28 heavy (non-hydrogen) atoms. The highest BCUT2D eigenvalue weighted by molar-refractivity contribution is 7.89. The van der Waals surface area contributed by atoms with Crippen molar-refractivity contribution >= 4 is 15.9 Å². The Morgan fingerprint density at radius 3 is 2.18 bits per heavy atom. The van der Waals surface area contributed by atoms with Crippen molar-refractivity contribution in [1.82, 2.24) is 9.62 Å². The first-order valence-electron chi connectivity index (χ1n) is 9.95. The van der Waals surface area contributed by atoms with E-state index in [9.17, 15) is 13.2 Å². The van der Waals surface area contributed by atoms with Crippen LogP contribution in [-0.2, 0) is 26.8 Å². The zero-order valence-corrected chi connectivity index (χ0v) is 16.7. The van der Waals surface area contributed by atoms with Crippen molar-refractivity contribution in [3.05, 3.63) is 65.7 Å². The molecule has 0 atom stereocenters. The lowest BCUT2D eigenvalue weighted by atomic mass is 9.95. The first-order valence-corrected chi connectivity index (χ1v) is 11.4. The summed E-state index contributed by atoms with van der Waals surface area (Å²) < 4.78 is 27.0. The van der Waals surface area contributed by atoms with E-state index in [0.717, 1.165) is 43.2 Å². The molecule has 0 radical (unpaired) electrons. The van der Waals surface area contributed by atoms with Crippen LogP contribution in [0, 0.1) is 0 Å². The summed E-state index contributed by atoms with van der Waals surface area (Å²) in [5.41, 5.74) is 1.57. The van der Waals surface area contributed by atoms with Crippen LogP contribution in [-0.4, -0.2) is 31.7 Å². The van der Waals surface area contributed by atoms with Crippen molar-refractivity contribution in [2.45, 2.75) is 49.0 Å². The van der Waals surface area contributed by atoms with E-state index in [1.807, 2.05) is 30.3 Å². The number of hydrogen-bond acceptors (Lipinski definition) is 3. The fourth-order valence-corrected chi connectivity index (χ4v) is 5.43. The number of nitrogens with one attached hydrogen (secondary N) is 1. The zero-order chi connectivity index (χ0) is 19.6. The van der Waals surface area contributed by atoms with Crippen LogP contribution in [0.3, 0.4) is 0 Å². The van der Waals surface area contributed by atoms with Gasteiger partial charge in [0.25, 0.3) is 0 Å². The molecule has 1 heterocycles. The molecule has 1 amide bonds. The molecule has 1 aliphatic heterocycles. The Labute approximate surface area is 166 Å².